The van der Waals surface area contributed by atoms with Gasteiger partial charge in [0.1, 0.15) is 11.9 Å². The third-order valence-electron chi connectivity index (χ3n) is 4.62. The molecule has 21 heavy (non-hydrogen) atoms. The minimum atomic E-state index is 0.178. The van der Waals surface area contributed by atoms with Crippen molar-refractivity contribution in [1.29, 1.82) is 5.26 Å². The summed E-state index contributed by atoms with van der Waals surface area (Å²) in [5, 5.41) is 8.87. The van der Waals surface area contributed by atoms with Gasteiger partial charge in [-0.25, -0.2) is 4.98 Å². The highest BCUT2D eigenvalue weighted by atomic mass is 16.2. The maximum atomic E-state index is 11.8. The van der Waals surface area contributed by atoms with Crippen LogP contribution >= 0.6 is 0 Å². The molecule has 2 atom stereocenters. The molecular formula is C16H20N4O. The molecule has 3 rings (SSSR count). The lowest BCUT2D eigenvalue weighted by molar-refractivity contribution is -0.129. The van der Waals surface area contributed by atoms with Crippen molar-refractivity contribution in [1.82, 2.24) is 9.88 Å². The van der Waals surface area contributed by atoms with E-state index >= 15 is 0 Å². The molecule has 2 aliphatic rings. The van der Waals surface area contributed by atoms with Crippen molar-refractivity contribution in [3.8, 4) is 6.07 Å². The van der Waals surface area contributed by atoms with Gasteiger partial charge in [0.15, 0.2) is 0 Å². The molecular weight excluding hydrogens is 264 g/mol. The summed E-state index contributed by atoms with van der Waals surface area (Å²) < 4.78 is 0. The topological polar surface area (TPSA) is 60.2 Å². The van der Waals surface area contributed by atoms with Gasteiger partial charge in [-0.1, -0.05) is 0 Å². The van der Waals surface area contributed by atoms with Gasteiger partial charge in [-0.3, -0.25) is 4.79 Å². The molecule has 3 heterocycles. The molecule has 1 aromatic rings. The minimum Gasteiger partial charge on any atom is -0.352 e. The second kappa shape index (κ2) is 5.72. The van der Waals surface area contributed by atoms with Crippen molar-refractivity contribution in [2.75, 3.05) is 18.0 Å². The van der Waals surface area contributed by atoms with Crippen LogP contribution in [0.5, 0.6) is 0 Å². The van der Waals surface area contributed by atoms with Crippen molar-refractivity contribution >= 4 is 11.7 Å². The average molecular weight is 284 g/mol. The van der Waals surface area contributed by atoms with Gasteiger partial charge < -0.3 is 9.80 Å². The number of nitriles is 1. The first kappa shape index (κ1) is 13.9. The van der Waals surface area contributed by atoms with Crippen LogP contribution in [0.3, 0.4) is 0 Å². The summed E-state index contributed by atoms with van der Waals surface area (Å²) in [6, 6.07) is 6.50. The smallest absolute Gasteiger partial charge is 0.219 e. The Hall–Kier alpha value is -2.09. The number of hydrogen-bond donors (Lipinski definition) is 0. The van der Waals surface area contributed by atoms with Gasteiger partial charge >= 0.3 is 0 Å². The van der Waals surface area contributed by atoms with Crippen LogP contribution in [0.4, 0.5) is 5.82 Å². The van der Waals surface area contributed by atoms with E-state index in [2.05, 4.69) is 16.0 Å². The van der Waals surface area contributed by atoms with E-state index in [9.17, 15) is 4.79 Å². The molecule has 0 N–H and O–H groups in total. The first-order valence-electron chi connectivity index (χ1n) is 7.60. The zero-order valence-electron chi connectivity index (χ0n) is 12.3. The number of likely N-dealkylation sites (tertiary alicyclic amines) is 1. The number of amides is 1. The molecule has 0 aliphatic carbocycles. The van der Waals surface area contributed by atoms with Crippen molar-refractivity contribution < 1.29 is 4.79 Å². The Morgan fingerprint density at radius 3 is 2.71 bits per heavy atom. The van der Waals surface area contributed by atoms with E-state index in [1.165, 1.54) is 0 Å². The van der Waals surface area contributed by atoms with Gasteiger partial charge in [-0.2, -0.15) is 5.26 Å². The van der Waals surface area contributed by atoms with E-state index in [4.69, 9.17) is 5.26 Å². The van der Waals surface area contributed by atoms with Gasteiger partial charge in [0.25, 0.3) is 0 Å². The molecule has 1 amide bonds. The molecule has 0 bridgehead atoms. The van der Waals surface area contributed by atoms with Crippen LogP contribution in [0.15, 0.2) is 18.3 Å². The van der Waals surface area contributed by atoms with Gasteiger partial charge in [0, 0.05) is 26.2 Å². The van der Waals surface area contributed by atoms with Crippen LogP contribution in [-0.2, 0) is 4.79 Å². The Morgan fingerprint density at radius 1 is 1.29 bits per heavy atom. The van der Waals surface area contributed by atoms with Gasteiger partial charge in [0.2, 0.25) is 5.91 Å². The van der Waals surface area contributed by atoms with Crippen molar-refractivity contribution in [2.45, 2.75) is 44.7 Å². The largest absolute Gasteiger partial charge is 0.352 e. The highest BCUT2D eigenvalue weighted by molar-refractivity contribution is 5.74. The molecule has 0 saturated carbocycles. The van der Waals surface area contributed by atoms with Gasteiger partial charge in [-0.05, 0) is 37.8 Å². The van der Waals surface area contributed by atoms with E-state index in [-0.39, 0.29) is 5.91 Å². The van der Waals surface area contributed by atoms with Crippen LogP contribution in [0, 0.1) is 11.3 Å². The number of anilines is 1. The number of rotatable bonds is 2. The predicted molar refractivity (Wildman–Crippen MR) is 79.7 cm³/mol. The Kier molecular flexibility index (Phi) is 3.78. The Balaban J connectivity index is 1.81. The fourth-order valence-corrected chi connectivity index (χ4v) is 3.68. The van der Waals surface area contributed by atoms with Gasteiger partial charge in [-0.15, -0.1) is 0 Å². The predicted octanol–water partition coefficient (Wildman–Crippen LogP) is 1.93. The lowest BCUT2D eigenvalue weighted by Crippen LogP contribution is -2.48. The molecule has 0 spiro atoms. The maximum Gasteiger partial charge on any atom is 0.219 e. The molecule has 1 aromatic heterocycles. The summed E-state index contributed by atoms with van der Waals surface area (Å²) in [7, 11) is 0. The highest BCUT2D eigenvalue weighted by Gasteiger charge is 2.39. The fraction of sp³-hybridized carbons (Fsp3) is 0.562. The first-order chi connectivity index (χ1) is 10.2. The number of nitrogens with zero attached hydrogens (tertiary/aromatic N) is 4. The third-order valence-corrected chi connectivity index (χ3v) is 4.62. The zero-order valence-corrected chi connectivity index (χ0v) is 12.3. The Labute approximate surface area is 125 Å². The maximum absolute atomic E-state index is 11.8. The van der Waals surface area contributed by atoms with E-state index in [0.717, 1.165) is 44.6 Å². The molecule has 0 radical (unpaired) electrons. The van der Waals surface area contributed by atoms with E-state index in [1.54, 1.807) is 13.1 Å². The first-order valence-corrected chi connectivity index (χ1v) is 7.60. The summed E-state index contributed by atoms with van der Waals surface area (Å²) in [6.45, 7) is 3.52. The monoisotopic (exact) mass is 284 g/mol. The summed E-state index contributed by atoms with van der Waals surface area (Å²) in [4.78, 5) is 20.6. The normalized spacial score (nSPS) is 25.1. The molecule has 110 valence electrons. The van der Waals surface area contributed by atoms with Crippen molar-refractivity contribution in [3.05, 3.63) is 23.9 Å². The molecule has 0 unspecified atom stereocenters. The van der Waals surface area contributed by atoms with Crippen molar-refractivity contribution in [2.24, 2.45) is 0 Å². The molecule has 0 aromatic carbocycles. The molecule has 5 heteroatoms. The average Bonchev–Trinajstić information content (AvgIpc) is 3.15. The van der Waals surface area contributed by atoms with E-state index in [1.807, 2.05) is 17.0 Å². The van der Waals surface area contributed by atoms with Crippen LogP contribution in [0.1, 0.15) is 38.2 Å². The lowest BCUT2D eigenvalue weighted by atomic mass is 10.0. The number of carbonyl (C=O) groups is 1. The summed E-state index contributed by atoms with van der Waals surface area (Å²) in [5.41, 5.74) is 0.584. The second-order valence-electron chi connectivity index (χ2n) is 5.84. The number of pyridine rings is 1. The summed E-state index contributed by atoms with van der Waals surface area (Å²) in [5.74, 6) is 1.10. The molecule has 2 fully saturated rings. The lowest BCUT2D eigenvalue weighted by Gasteiger charge is -2.35. The summed E-state index contributed by atoms with van der Waals surface area (Å²) in [6.07, 6.45) is 6.04. The Morgan fingerprint density at radius 2 is 2.05 bits per heavy atom. The van der Waals surface area contributed by atoms with E-state index in [0.29, 0.717) is 17.6 Å². The highest BCUT2D eigenvalue weighted by Crippen LogP contribution is 2.32. The van der Waals surface area contributed by atoms with Crippen LogP contribution in [0.2, 0.25) is 0 Å². The van der Waals surface area contributed by atoms with E-state index < -0.39 is 0 Å². The number of carbonyl (C=O) groups excluding carboxylic acids is 1. The van der Waals surface area contributed by atoms with Crippen LogP contribution < -0.4 is 4.90 Å². The number of aromatic nitrogens is 1. The van der Waals surface area contributed by atoms with Crippen LogP contribution in [0.25, 0.3) is 0 Å². The molecule has 5 nitrogen and oxygen atoms in total. The Bertz CT molecular complexity index is 563. The van der Waals surface area contributed by atoms with Crippen molar-refractivity contribution in [3.63, 3.8) is 0 Å². The minimum absolute atomic E-state index is 0.178. The third kappa shape index (κ3) is 2.58. The fourth-order valence-electron chi connectivity index (χ4n) is 3.68. The zero-order chi connectivity index (χ0) is 14.8. The summed E-state index contributed by atoms with van der Waals surface area (Å²) >= 11 is 0. The number of hydrogen-bond acceptors (Lipinski definition) is 4. The van der Waals surface area contributed by atoms with Crippen LogP contribution in [-0.4, -0.2) is 41.0 Å². The SMILES string of the molecule is CC(=O)N1CCC[C@H]1[C@@H]1CCCN1c1ccc(C#N)cn1. The standard InChI is InChI=1S/C16H20N4O/c1-12(21)19-8-2-4-14(19)15-5-3-9-20(15)16-7-6-13(10-17)11-18-16/h6-7,11,14-15H,2-5,8-9H2,1H3/t14-,15-/m0/s1. The quantitative estimate of drug-likeness (QED) is 0.832. The molecule has 2 saturated heterocycles. The van der Waals surface area contributed by atoms with Gasteiger partial charge in [0.05, 0.1) is 17.6 Å². The second-order valence-corrected chi connectivity index (χ2v) is 5.84. The molecule has 2 aliphatic heterocycles.